The zero-order chi connectivity index (χ0) is 17.7. The number of methoxy groups -OCH3 is 1. The molecule has 0 N–H and O–H groups in total. The molecule has 1 heterocycles. The fraction of sp³-hybridized carbons (Fsp3) is 0.235. The van der Waals surface area contributed by atoms with E-state index in [9.17, 15) is 14.4 Å². The molecule has 0 aliphatic heterocycles. The average molecular weight is 349 g/mol. The van der Waals surface area contributed by atoms with Crippen LogP contribution in [-0.2, 0) is 9.53 Å². The van der Waals surface area contributed by atoms with Crippen LogP contribution in [0.4, 0.5) is 4.39 Å². The first kappa shape index (κ1) is 17.7. The summed E-state index contributed by atoms with van der Waals surface area (Å²) in [6.45, 7) is 1.81. The largest absolute Gasteiger partial charge is 0.494 e. The standard InChI is InChI=1S/C17H14ClFN2O3/c1-3-24-17(22)11(9-20)14-6-7-15(23-2)16(21-14)10-4-5-13(19)12(18)8-10/h4-8,11H,3H2,1-2H3. The summed E-state index contributed by atoms with van der Waals surface area (Å²) in [4.78, 5) is 16.2. The number of carbonyl (C=O) groups excluding carboxylic acids is 1. The Hall–Kier alpha value is -2.65. The van der Waals surface area contributed by atoms with Gasteiger partial charge in [-0.05, 0) is 37.3 Å². The first-order valence-corrected chi connectivity index (χ1v) is 7.46. The number of ether oxygens (including phenoxy) is 2. The summed E-state index contributed by atoms with van der Waals surface area (Å²) in [6.07, 6.45) is 0. The van der Waals surface area contributed by atoms with E-state index in [1.165, 1.54) is 31.4 Å². The summed E-state index contributed by atoms with van der Waals surface area (Å²) in [5.74, 6) is -2.00. The summed E-state index contributed by atoms with van der Waals surface area (Å²) in [5.41, 5.74) is 1.06. The lowest BCUT2D eigenvalue weighted by Crippen LogP contribution is -2.16. The molecule has 0 saturated heterocycles. The van der Waals surface area contributed by atoms with Gasteiger partial charge in [-0.1, -0.05) is 11.6 Å². The van der Waals surface area contributed by atoms with E-state index in [2.05, 4.69) is 4.98 Å². The first-order chi connectivity index (χ1) is 11.5. The minimum absolute atomic E-state index is 0.0658. The van der Waals surface area contributed by atoms with Crippen molar-refractivity contribution in [2.24, 2.45) is 0 Å². The van der Waals surface area contributed by atoms with E-state index in [1.807, 2.05) is 6.07 Å². The van der Waals surface area contributed by atoms with Crippen molar-refractivity contribution in [1.29, 1.82) is 5.26 Å². The van der Waals surface area contributed by atoms with E-state index < -0.39 is 17.7 Å². The van der Waals surface area contributed by atoms with Gasteiger partial charge >= 0.3 is 5.97 Å². The Morgan fingerprint density at radius 3 is 2.75 bits per heavy atom. The molecule has 0 fully saturated rings. The molecule has 2 aromatic rings. The van der Waals surface area contributed by atoms with E-state index in [0.717, 1.165) is 0 Å². The minimum Gasteiger partial charge on any atom is -0.494 e. The summed E-state index contributed by atoms with van der Waals surface area (Å²) in [5, 5.41) is 9.19. The molecule has 0 bridgehead atoms. The molecule has 0 saturated carbocycles. The van der Waals surface area contributed by atoms with Crippen molar-refractivity contribution < 1.29 is 18.7 Å². The predicted molar refractivity (Wildman–Crippen MR) is 86.2 cm³/mol. The third kappa shape index (κ3) is 3.63. The highest BCUT2D eigenvalue weighted by Gasteiger charge is 2.24. The van der Waals surface area contributed by atoms with Crippen molar-refractivity contribution in [3.8, 4) is 23.1 Å². The second-order valence-corrected chi connectivity index (χ2v) is 5.14. The molecule has 24 heavy (non-hydrogen) atoms. The van der Waals surface area contributed by atoms with Crippen LogP contribution in [0.5, 0.6) is 5.75 Å². The fourth-order valence-corrected chi connectivity index (χ4v) is 2.28. The van der Waals surface area contributed by atoms with Gasteiger partial charge in [-0.2, -0.15) is 5.26 Å². The molecule has 2 rings (SSSR count). The molecule has 0 spiro atoms. The van der Waals surface area contributed by atoms with E-state index >= 15 is 0 Å². The molecule has 1 aromatic heterocycles. The monoisotopic (exact) mass is 348 g/mol. The van der Waals surface area contributed by atoms with Gasteiger partial charge in [-0.15, -0.1) is 0 Å². The van der Waals surface area contributed by atoms with Crippen LogP contribution < -0.4 is 4.74 Å². The Labute approximate surface area is 143 Å². The van der Waals surface area contributed by atoms with Gasteiger partial charge in [0, 0.05) is 5.56 Å². The van der Waals surface area contributed by atoms with Crippen molar-refractivity contribution in [3.63, 3.8) is 0 Å². The number of carbonyl (C=O) groups is 1. The van der Waals surface area contributed by atoms with E-state index in [1.54, 1.807) is 13.0 Å². The summed E-state index contributed by atoms with van der Waals surface area (Å²) >= 11 is 5.81. The quantitative estimate of drug-likeness (QED) is 0.770. The number of nitriles is 1. The maximum atomic E-state index is 13.4. The van der Waals surface area contributed by atoms with Gasteiger partial charge in [0.1, 0.15) is 17.3 Å². The van der Waals surface area contributed by atoms with Crippen molar-refractivity contribution in [1.82, 2.24) is 4.98 Å². The van der Waals surface area contributed by atoms with Crippen molar-refractivity contribution in [2.75, 3.05) is 13.7 Å². The van der Waals surface area contributed by atoms with Crippen LogP contribution in [0.2, 0.25) is 5.02 Å². The maximum absolute atomic E-state index is 13.4. The highest BCUT2D eigenvalue weighted by atomic mass is 35.5. The van der Waals surface area contributed by atoms with Crippen LogP contribution >= 0.6 is 11.6 Å². The highest BCUT2D eigenvalue weighted by molar-refractivity contribution is 6.31. The molecule has 124 valence electrons. The first-order valence-electron chi connectivity index (χ1n) is 7.08. The molecular weight excluding hydrogens is 335 g/mol. The summed E-state index contributed by atoms with van der Waals surface area (Å²) < 4.78 is 23.5. The number of esters is 1. The van der Waals surface area contributed by atoms with Crippen molar-refractivity contribution in [2.45, 2.75) is 12.8 Å². The number of pyridine rings is 1. The van der Waals surface area contributed by atoms with E-state index in [-0.39, 0.29) is 17.3 Å². The number of halogens is 2. The molecular formula is C17H14ClFN2O3. The van der Waals surface area contributed by atoms with Gasteiger partial charge in [0.15, 0.2) is 5.92 Å². The van der Waals surface area contributed by atoms with Gasteiger partial charge in [-0.25, -0.2) is 9.37 Å². The van der Waals surface area contributed by atoms with Crippen LogP contribution in [0.3, 0.4) is 0 Å². The molecule has 0 aliphatic carbocycles. The summed E-state index contributed by atoms with van der Waals surface area (Å²) in [7, 11) is 1.46. The van der Waals surface area contributed by atoms with Crippen LogP contribution in [0.15, 0.2) is 30.3 Å². The number of nitrogens with zero attached hydrogens (tertiary/aromatic N) is 2. The number of benzene rings is 1. The van der Waals surface area contributed by atoms with E-state index in [4.69, 9.17) is 21.1 Å². The second kappa shape index (κ2) is 7.75. The third-order valence-corrected chi connectivity index (χ3v) is 3.53. The smallest absolute Gasteiger partial charge is 0.329 e. The number of hydrogen-bond donors (Lipinski definition) is 0. The molecule has 0 radical (unpaired) electrons. The van der Waals surface area contributed by atoms with Crippen molar-refractivity contribution in [3.05, 3.63) is 46.9 Å². The van der Waals surface area contributed by atoms with Crippen LogP contribution in [0.1, 0.15) is 18.5 Å². The predicted octanol–water partition coefficient (Wildman–Crippen LogP) is 3.72. The number of hydrogen-bond acceptors (Lipinski definition) is 5. The SMILES string of the molecule is CCOC(=O)C(C#N)c1ccc(OC)c(-c2ccc(F)c(Cl)c2)n1. The second-order valence-electron chi connectivity index (χ2n) is 4.73. The molecule has 0 amide bonds. The minimum atomic E-state index is -1.16. The Bertz CT molecular complexity index is 805. The van der Waals surface area contributed by atoms with Gasteiger partial charge in [0.05, 0.1) is 30.5 Å². The Morgan fingerprint density at radius 1 is 1.42 bits per heavy atom. The zero-order valence-corrected chi connectivity index (χ0v) is 13.8. The van der Waals surface area contributed by atoms with Crippen LogP contribution in [0, 0.1) is 17.1 Å². The van der Waals surface area contributed by atoms with Crippen LogP contribution in [-0.4, -0.2) is 24.7 Å². The van der Waals surface area contributed by atoms with Gasteiger partial charge < -0.3 is 9.47 Å². The molecule has 7 heteroatoms. The topological polar surface area (TPSA) is 72.2 Å². The number of aromatic nitrogens is 1. The molecule has 1 atom stereocenters. The number of rotatable bonds is 5. The highest BCUT2D eigenvalue weighted by Crippen LogP contribution is 2.32. The van der Waals surface area contributed by atoms with Gasteiger partial charge in [-0.3, -0.25) is 4.79 Å². The summed E-state index contributed by atoms with van der Waals surface area (Å²) in [6, 6.07) is 9.06. The lowest BCUT2D eigenvalue weighted by Gasteiger charge is -2.13. The van der Waals surface area contributed by atoms with E-state index in [0.29, 0.717) is 17.0 Å². The normalized spacial score (nSPS) is 11.5. The third-order valence-electron chi connectivity index (χ3n) is 3.24. The zero-order valence-electron chi connectivity index (χ0n) is 13.0. The Balaban J connectivity index is 2.53. The lowest BCUT2D eigenvalue weighted by molar-refractivity contribution is -0.143. The lowest BCUT2D eigenvalue weighted by atomic mass is 10.0. The molecule has 0 aliphatic rings. The van der Waals surface area contributed by atoms with Crippen molar-refractivity contribution >= 4 is 17.6 Å². The molecule has 1 unspecified atom stereocenters. The molecule has 1 aromatic carbocycles. The van der Waals surface area contributed by atoms with Crippen LogP contribution in [0.25, 0.3) is 11.3 Å². The fourth-order valence-electron chi connectivity index (χ4n) is 2.10. The van der Waals surface area contributed by atoms with Gasteiger partial charge in [0.25, 0.3) is 0 Å². The average Bonchev–Trinajstić information content (AvgIpc) is 2.58. The molecule has 5 nitrogen and oxygen atoms in total. The maximum Gasteiger partial charge on any atom is 0.329 e. The Morgan fingerprint density at radius 2 is 2.17 bits per heavy atom. The van der Waals surface area contributed by atoms with Gasteiger partial charge in [0.2, 0.25) is 0 Å². The Kier molecular flexibility index (Phi) is 5.72.